The van der Waals surface area contributed by atoms with Gasteiger partial charge in [-0.3, -0.25) is 9.36 Å². The molecule has 8 nitrogen and oxygen atoms in total. The fourth-order valence-electron chi connectivity index (χ4n) is 3.41. The van der Waals surface area contributed by atoms with E-state index in [4.69, 9.17) is 9.15 Å². The van der Waals surface area contributed by atoms with Gasteiger partial charge in [0.1, 0.15) is 5.76 Å². The number of esters is 1. The number of thioether (sulfide) groups is 1. The van der Waals surface area contributed by atoms with Crippen molar-refractivity contribution in [3.05, 3.63) is 53.3 Å². The molecular weight excluding hydrogens is 416 g/mol. The Balaban J connectivity index is 1.88. The molecule has 0 saturated heterocycles. The third-order valence-corrected chi connectivity index (χ3v) is 6.02. The molecule has 164 valence electrons. The summed E-state index contributed by atoms with van der Waals surface area (Å²) in [7, 11) is 0. The molecule has 0 aliphatic carbocycles. The number of rotatable bonds is 9. The highest BCUT2D eigenvalue weighted by molar-refractivity contribution is 8.00. The predicted molar refractivity (Wildman–Crippen MR) is 119 cm³/mol. The molecule has 0 aliphatic rings. The minimum absolute atomic E-state index is 0.129. The van der Waals surface area contributed by atoms with E-state index in [1.165, 1.54) is 11.8 Å². The first-order valence-electron chi connectivity index (χ1n) is 9.95. The largest absolute Gasteiger partial charge is 0.469 e. The molecule has 0 saturated carbocycles. The van der Waals surface area contributed by atoms with E-state index in [2.05, 4.69) is 21.8 Å². The average molecular weight is 443 g/mol. The van der Waals surface area contributed by atoms with Crippen LogP contribution in [-0.4, -0.2) is 43.4 Å². The zero-order chi connectivity index (χ0) is 22.7. The Hall–Kier alpha value is -3.07. The van der Waals surface area contributed by atoms with E-state index in [1.807, 2.05) is 24.5 Å². The molecule has 0 spiro atoms. The number of hydrogen-bond donors (Lipinski definition) is 1. The van der Waals surface area contributed by atoms with Gasteiger partial charge in [0.05, 0.1) is 34.9 Å². The van der Waals surface area contributed by atoms with Crippen LogP contribution >= 0.6 is 11.8 Å². The quantitative estimate of drug-likeness (QED) is 0.225. The SMILES string of the molecule is C=CCn1c(SC(C)C(=O)c2[nH]c(C)c(C(=O)OCC)c2C)nnc1-c1ccoc1C. The number of Topliss-reactive ketones (excluding diaryl/α,β-unsaturated/α-hetero) is 1. The molecule has 3 aromatic heterocycles. The van der Waals surface area contributed by atoms with Crippen molar-refractivity contribution >= 4 is 23.5 Å². The van der Waals surface area contributed by atoms with Crippen molar-refractivity contribution in [1.82, 2.24) is 19.7 Å². The minimum atomic E-state index is -0.460. The van der Waals surface area contributed by atoms with Crippen molar-refractivity contribution in [2.75, 3.05) is 6.61 Å². The Labute approximate surface area is 185 Å². The standard InChI is InChI=1S/C22H26N4O4S/c1-7-10-26-20(16-9-11-30-14(16)5)24-25-22(26)31-15(6)19(27)18-12(3)17(13(4)23-18)21(28)29-8-2/h7,9,11,15,23H,1,8,10H2,2-6H3. The molecule has 0 amide bonds. The number of ether oxygens (including phenoxy) is 1. The third-order valence-electron chi connectivity index (χ3n) is 4.94. The van der Waals surface area contributed by atoms with Crippen LogP contribution in [0.25, 0.3) is 11.4 Å². The molecule has 1 N–H and O–H groups in total. The number of ketones is 1. The van der Waals surface area contributed by atoms with Crippen molar-refractivity contribution in [2.45, 2.75) is 51.6 Å². The number of nitrogens with zero attached hydrogens (tertiary/aromatic N) is 3. The van der Waals surface area contributed by atoms with E-state index >= 15 is 0 Å². The first-order valence-corrected chi connectivity index (χ1v) is 10.8. The molecule has 3 heterocycles. The maximum absolute atomic E-state index is 13.2. The second-order valence-electron chi connectivity index (χ2n) is 7.07. The Bertz CT molecular complexity index is 1120. The summed E-state index contributed by atoms with van der Waals surface area (Å²) in [4.78, 5) is 28.5. The zero-order valence-corrected chi connectivity index (χ0v) is 19.1. The number of carbonyl (C=O) groups excluding carboxylic acids is 2. The van der Waals surface area contributed by atoms with E-state index in [0.29, 0.717) is 40.0 Å². The topological polar surface area (TPSA) is 103 Å². The highest BCUT2D eigenvalue weighted by Crippen LogP contribution is 2.31. The number of furan rings is 1. The highest BCUT2D eigenvalue weighted by Gasteiger charge is 2.28. The van der Waals surface area contributed by atoms with Crippen LogP contribution in [0.15, 0.2) is 34.6 Å². The summed E-state index contributed by atoms with van der Waals surface area (Å²) in [5.41, 5.74) is 2.87. The zero-order valence-electron chi connectivity index (χ0n) is 18.3. The van der Waals surface area contributed by atoms with Crippen LogP contribution in [0.3, 0.4) is 0 Å². The second kappa shape index (κ2) is 9.38. The maximum Gasteiger partial charge on any atom is 0.340 e. The molecule has 0 aliphatic heterocycles. The summed E-state index contributed by atoms with van der Waals surface area (Å²) in [6.45, 7) is 13.5. The maximum atomic E-state index is 13.2. The first kappa shape index (κ1) is 22.6. The van der Waals surface area contributed by atoms with E-state index in [0.717, 1.165) is 11.3 Å². The lowest BCUT2D eigenvalue weighted by Crippen LogP contribution is -2.16. The predicted octanol–water partition coefficient (Wildman–Crippen LogP) is 4.52. The summed E-state index contributed by atoms with van der Waals surface area (Å²) >= 11 is 1.30. The van der Waals surface area contributed by atoms with Crippen LogP contribution in [0.4, 0.5) is 0 Å². The molecule has 1 atom stereocenters. The van der Waals surface area contributed by atoms with Crippen molar-refractivity contribution in [2.24, 2.45) is 0 Å². The van der Waals surface area contributed by atoms with Gasteiger partial charge in [0, 0.05) is 12.2 Å². The molecule has 3 rings (SSSR count). The number of hydrogen-bond acceptors (Lipinski definition) is 7. The summed E-state index contributed by atoms with van der Waals surface area (Å²) in [5.74, 6) is 0.835. The number of allylic oxidation sites excluding steroid dienone is 1. The third kappa shape index (κ3) is 4.36. The van der Waals surface area contributed by atoms with Gasteiger partial charge < -0.3 is 14.1 Å². The van der Waals surface area contributed by atoms with E-state index in [1.54, 1.807) is 33.1 Å². The average Bonchev–Trinajstić information content (AvgIpc) is 3.39. The molecule has 9 heteroatoms. The second-order valence-corrected chi connectivity index (χ2v) is 8.37. The Morgan fingerprint density at radius 1 is 1.35 bits per heavy atom. The van der Waals surface area contributed by atoms with Crippen molar-refractivity contribution in [3.8, 4) is 11.4 Å². The summed E-state index contributed by atoms with van der Waals surface area (Å²) in [5, 5.41) is 8.74. The van der Waals surface area contributed by atoms with Crippen LogP contribution in [0.5, 0.6) is 0 Å². The number of aromatic nitrogens is 4. The molecule has 0 fully saturated rings. The van der Waals surface area contributed by atoms with Crippen LogP contribution < -0.4 is 0 Å². The van der Waals surface area contributed by atoms with E-state index < -0.39 is 11.2 Å². The normalized spacial score (nSPS) is 12.0. The van der Waals surface area contributed by atoms with Crippen molar-refractivity contribution in [1.29, 1.82) is 0 Å². The molecular formula is C22H26N4O4S. The van der Waals surface area contributed by atoms with Gasteiger partial charge in [0.25, 0.3) is 0 Å². The lowest BCUT2D eigenvalue weighted by molar-refractivity contribution is 0.0525. The summed E-state index contributed by atoms with van der Waals surface area (Å²) in [6.07, 6.45) is 3.36. The summed E-state index contributed by atoms with van der Waals surface area (Å²) < 4.78 is 12.4. The minimum Gasteiger partial charge on any atom is -0.469 e. The van der Waals surface area contributed by atoms with Gasteiger partial charge in [-0.2, -0.15) is 0 Å². The number of nitrogens with one attached hydrogen (secondary N) is 1. The van der Waals surface area contributed by atoms with Gasteiger partial charge in [-0.05, 0) is 46.2 Å². The molecule has 3 aromatic rings. The molecule has 0 aromatic carbocycles. The Morgan fingerprint density at radius 3 is 2.71 bits per heavy atom. The van der Waals surface area contributed by atoms with Gasteiger partial charge in [-0.15, -0.1) is 16.8 Å². The Kier molecular flexibility index (Phi) is 6.84. The van der Waals surface area contributed by atoms with Gasteiger partial charge in [-0.25, -0.2) is 4.79 Å². The number of aromatic amines is 1. The van der Waals surface area contributed by atoms with E-state index in [9.17, 15) is 9.59 Å². The van der Waals surface area contributed by atoms with Gasteiger partial charge in [0.2, 0.25) is 0 Å². The lowest BCUT2D eigenvalue weighted by atomic mass is 10.1. The molecule has 0 bridgehead atoms. The Morgan fingerprint density at radius 2 is 2.10 bits per heavy atom. The van der Waals surface area contributed by atoms with E-state index in [-0.39, 0.29) is 12.4 Å². The van der Waals surface area contributed by atoms with Gasteiger partial charge >= 0.3 is 5.97 Å². The fourth-order valence-corrected chi connectivity index (χ4v) is 4.32. The van der Waals surface area contributed by atoms with Crippen molar-refractivity contribution < 1.29 is 18.7 Å². The van der Waals surface area contributed by atoms with Crippen LogP contribution in [0.2, 0.25) is 0 Å². The fraction of sp³-hybridized carbons (Fsp3) is 0.364. The molecule has 0 radical (unpaired) electrons. The lowest BCUT2D eigenvalue weighted by Gasteiger charge is -2.11. The van der Waals surface area contributed by atoms with Gasteiger partial charge in [-0.1, -0.05) is 17.8 Å². The molecule has 31 heavy (non-hydrogen) atoms. The number of aryl methyl sites for hydroxylation is 2. The first-order chi connectivity index (χ1) is 14.8. The number of carbonyl (C=O) groups is 2. The van der Waals surface area contributed by atoms with Crippen molar-refractivity contribution in [3.63, 3.8) is 0 Å². The van der Waals surface area contributed by atoms with Gasteiger partial charge in [0.15, 0.2) is 16.8 Å². The van der Waals surface area contributed by atoms with Crippen LogP contribution in [-0.2, 0) is 11.3 Å². The summed E-state index contributed by atoms with van der Waals surface area (Å²) in [6, 6.07) is 1.84. The number of H-pyrrole nitrogens is 1. The highest BCUT2D eigenvalue weighted by atomic mass is 32.2. The monoisotopic (exact) mass is 442 g/mol. The van der Waals surface area contributed by atoms with Crippen LogP contribution in [0, 0.1) is 20.8 Å². The smallest absolute Gasteiger partial charge is 0.340 e. The van der Waals surface area contributed by atoms with Crippen LogP contribution in [0.1, 0.15) is 51.7 Å². The molecule has 1 unspecified atom stereocenters.